The molecule has 1 aromatic carbocycles. The second-order valence-corrected chi connectivity index (χ2v) is 15.6. The van der Waals surface area contributed by atoms with Gasteiger partial charge in [-0.25, -0.2) is 0 Å². The number of piperidine rings is 1. The minimum atomic E-state index is -0.363. The van der Waals surface area contributed by atoms with E-state index in [0.717, 1.165) is 83.7 Å². The van der Waals surface area contributed by atoms with Gasteiger partial charge in [-0.3, -0.25) is 4.79 Å². The first kappa shape index (κ1) is 29.6. The van der Waals surface area contributed by atoms with Gasteiger partial charge in [-0.1, -0.05) is 51.1 Å². The van der Waals surface area contributed by atoms with Crippen LogP contribution in [0.2, 0.25) is 0 Å². The van der Waals surface area contributed by atoms with Crippen LogP contribution in [-0.2, 0) is 11.2 Å². The van der Waals surface area contributed by atoms with Crippen molar-refractivity contribution < 1.29 is 20.1 Å². The number of rotatable bonds is 6. The van der Waals surface area contributed by atoms with Gasteiger partial charge in [0.25, 0.3) is 0 Å². The van der Waals surface area contributed by atoms with E-state index >= 15 is 0 Å². The molecule has 0 radical (unpaired) electrons. The molecule has 5 aliphatic rings. The third-order valence-electron chi connectivity index (χ3n) is 13.7. The fourth-order valence-corrected chi connectivity index (χ4v) is 11.2. The van der Waals surface area contributed by atoms with E-state index in [1.807, 2.05) is 0 Å². The molecule has 1 aliphatic heterocycles. The van der Waals surface area contributed by atoms with Crippen LogP contribution in [0.4, 0.5) is 0 Å². The van der Waals surface area contributed by atoms with Crippen LogP contribution < -0.4 is 0 Å². The molecule has 5 nitrogen and oxygen atoms in total. The van der Waals surface area contributed by atoms with Crippen molar-refractivity contribution in [3.8, 4) is 0 Å². The van der Waals surface area contributed by atoms with Crippen LogP contribution in [0.15, 0.2) is 30.3 Å². The quantitative estimate of drug-likeness (QED) is 0.405. The molecule has 0 spiro atoms. The van der Waals surface area contributed by atoms with E-state index in [2.05, 4.69) is 56.0 Å². The van der Waals surface area contributed by atoms with Crippen LogP contribution in [-0.4, -0.2) is 57.5 Å². The topological polar surface area (TPSA) is 81.0 Å². The Morgan fingerprint density at radius 2 is 1.68 bits per heavy atom. The van der Waals surface area contributed by atoms with E-state index in [9.17, 15) is 20.1 Å². The number of nitrogens with zero attached hydrogens (tertiary/aromatic N) is 1. The Kier molecular flexibility index (Phi) is 8.37. The molecule has 228 valence electrons. The molecule has 0 aromatic heterocycles. The van der Waals surface area contributed by atoms with Gasteiger partial charge >= 0.3 is 0 Å². The van der Waals surface area contributed by atoms with E-state index in [1.165, 1.54) is 5.56 Å². The maximum absolute atomic E-state index is 13.3. The molecular weight excluding hydrogens is 510 g/mol. The van der Waals surface area contributed by atoms with Gasteiger partial charge in [0.2, 0.25) is 5.91 Å². The van der Waals surface area contributed by atoms with Crippen LogP contribution in [0, 0.1) is 52.3 Å². The maximum Gasteiger partial charge on any atom is 0.222 e. The van der Waals surface area contributed by atoms with Crippen LogP contribution in [0.5, 0.6) is 0 Å². The molecule has 0 bridgehead atoms. The second kappa shape index (κ2) is 11.6. The average molecular weight is 566 g/mol. The first-order valence-electron chi connectivity index (χ1n) is 17.0. The lowest BCUT2D eigenvalue weighted by Crippen LogP contribution is -2.62. The number of benzene rings is 1. The number of aliphatic hydroxyl groups excluding tert-OH is 3. The SMILES string of the molecule is CC(CCC(=O)N1CCC(Cc2ccccc2)CC1)C1CCC2C3C(O)CC4CC(O)CCC4(C)C3CC(O)C12C. The summed E-state index contributed by atoms with van der Waals surface area (Å²) in [6.45, 7) is 8.79. The zero-order valence-corrected chi connectivity index (χ0v) is 25.8. The maximum atomic E-state index is 13.3. The van der Waals surface area contributed by atoms with E-state index in [-0.39, 0.29) is 35.1 Å². The molecule has 41 heavy (non-hydrogen) atoms. The number of hydrogen-bond donors (Lipinski definition) is 3. The summed E-state index contributed by atoms with van der Waals surface area (Å²) in [5.41, 5.74) is 1.31. The van der Waals surface area contributed by atoms with Crippen molar-refractivity contribution >= 4 is 5.91 Å². The number of amides is 1. The summed E-state index contributed by atoms with van der Waals surface area (Å²) in [6, 6.07) is 10.7. The Bertz CT molecular complexity index is 1050. The minimum Gasteiger partial charge on any atom is -0.393 e. The molecule has 5 fully saturated rings. The van der Waals surface area contributed by atoms with Crippen molar-refractivity contribution in [1.82, 2.24) is 4.90 Å². The highest BCUT2D eigenvalue weighted by atomic mass is 16.3. The molecule has 11 atom stereocenters. The average Bonchev–Trinajstić information content (AvgIpc) is 3.32. The Morgan fingerprint density at radius 1 is 0.951 bits per heavy atom. The highest BCUT2D eigenvalue weighted by Crippen LogP contribution is 2.68. The van der Waals surface area contributed by atoms with Gasteiger partial charge in [0.1, 0.15) is 0 Å². The highest BCUT2D eigenvalue weighted by Gasteiger charge is 2.65. The summed E-state index contributed by atoms with van der Waals surface area (Å²) in [6.07, 6.45) is 10.3. The number of hydrogen-bond acceptors (Lipinski definition) is 4. The summed E-state index contributed by atoms with van der Waals surface area (Å²) in [5, 5.41) is 33.7. The summed E-state index contributed by atoms with van der Waals surface area (Å²) >= 11 is 0. The second-order valence-electron chi connectivity index (χ2n) is 15.6. The first-order chi connectivity index (χ1) is 19.6. The molecule has 1 heterocycles. The molecule has 11 unspecified atom stereocenters. The monoisotopic (exact) mass is 565 g/mol. The fraction of sp³-hybridized carbons (Fsp3) is 0.806. The number of carbonyl (C=O) groups is 1. The fourth-order valence-electron chi connectivity index (χ4n) is 11.2. The zero-order chi connectivity index (χ0) is 28.9. The van der Waals surface area contributed by atoms with E-state index in [1.54, 1.807) is 0 Å². The lowest BCUT2D eigenvalue weighted by Gasteiger charge is -2.63. The van der Waals surface area contributed by atoms with Gasteiger partial charge in [0.05, 0.1) is 18.3 Å². The summed E-state index contributed by atoms with van der Waals surface area (Å²) in [7, 11) is 0. The molecule has 1 aromatic rings. The van der Waals surface area contributed by atoms with Crippen molar-refractivity contribution in [2.45, 2.75) is 116 Å². The minimum absolute atomic E-state index is 0.107. The van der Waals surface area contributed by atoms with Gasteiger partial charge in [0.15, 0.2) is 0 Å². The third kappa shape index (κ3) is 5.31. The molecule has 4 saturated carbocycles. The largest absolute Gasteiger partial charge is 0.393 e. The molecule has 4 aliphatic carbocycles. The molecule has 6 rings (SSSR count). The van der Waals surface area contributed by atoms with E-state index < -0.39 is 0 Å². The van der Waals surface area contributed by atoms with Crippen LogP contribution in [0.3, 0.4) is 0 Å². The number of carbonyl (C=O) groups excluding carboxylic acids is 1. The van der Waals surface area contributed by atoms with Gasteiger partial charge in [-0.15, -0.1) is 0 Å². The predicted molar refractivity (Wildman–Crippen MR) is 162 cm³/mol. The van der Waals surface area contributed by atoms with E-state index in [0.29, 0.717) is 47.8 Å². The number of fused-ring (bicyclic) bond motifs is 5. The Balaban J connectivity index is 1.05. The van der Waals surface area contributed by atoms with Crippen LogP contribution in [0.1, 0.15) is 97.0 Å². The van der Waals surface area contributed by atoms with Gasteiger partial charge < -0.3 is 20.2 Å². The summed E-state index contributed by atoms with van der Waals surface area (Å²) in [5.74, 6) is 3.00. The highest BCUT2D eigenvalue weighted by molar-refractivity contribution is 5.76. The molecule has 3 N–H and O–H groups in total. The van der Waals surface area contributed by atoms with Crippen LogP contribution >= 0.6 is 0 Å². The van der Waals surface area contributed by atoms with Crippen LogP contribution in [0.25, 0.3) is 0 Å². The number of aliphatic hydroxyl groups is 3. The van der Waals surface area contributed by atoms with Gasteiger partial charge in [0, 0.05) is 19.5 Å². The Morgan fingerprint density at radius 3 is 2.41 bits per heavy atom. The molecular formula is C36H55NO4. The van der Waals surface area contributed by atoms with Crippen molar-refractivity contribution in [2.75, 3.05) is 13.1 Å². The Labute approximate surface area is 248 Å². The number of likely N-dealkylation sites (tertiary alicyclic amines) is 1. The smallest absolute Gasteiger partial charge is 0.222 e. The lowest BCUT2D eigenvalue weighted by molar-refractivity contribution is -0.207. The van der Waals surface area contributed by atoms with E-state index in [4.69, 9.17) is 0 Å². The van der Waals surface area contributed by atoms with Gasteiger partial charge in [-0.2, -0.15) is 0 Å². The molecule has 5 heteroatoms. The summed E-state index contributed by atoms with van der Waals surface area (Å²) in [4.78, 5) is 15.4. The normalized spacial score (nSPS) is 43.6. The molecule has 1 amide bonds. The van der Waals surface area contributed by atoms with Crippen molar-refractivity contribution in [3.63, 3.8) is 0 Å². The first-order valence-corrected chi connectivity index (χ1v) is 17.0. The Hall–Kier alpha value is -1.43. The van der Waals surface area contributed by atoms with Crippen molar-refractivity contribution in [3.05, 3.63) is 35.9 Å². The molecule has 1 saturated heterocycles. The van der Waals surface area contributed by atoms with Crippen molar-refractivity contribution in [2.24, 2.45) is 52.3 Å². The van der Waals surface area contributed by atoms with Crippen molar-refractivity contribution in [1.29, 1.82) is 0 Å². The zero-order valence-electron chi connectivity index (χ0n) is 25.8. The standard InChI is InChI=1S/C36H55NO4/c1-23(9-12-33(41)37-17-14-25(15-18-37)19-24-7-5-4-6-8-24)28-10-11-29-34-30(22-32(40)36(28,29)3)35(2)16-13-27(38)20-26(35)21-31(34)39/h4-8,23,25-32,34,38-40H,9-22H2,1-3H3. The lowest BCUT2D eigenvalue weighted by atomic mass is 9.43. The summed E-state index contributed by atoms with van der Waals surface area (Å²) < 4.78 is 0. The third-order valence-corrected chi connectivity index (χ3v) is 13.7. The predicted octanol–water partition coefficient (Wildman–Crippen LogP) is 5.85. The van der Waals surface area contributed by atoms with Gasteiger partial charge in [-0.05, 0) is 128 Å².